The number of amides is 2. The molecule has 8 nitrogen and oxygen atoms in total. The first-order valence-corrected chi connectivity index (χ1v) is 10.7. The third-order valence-electron chi connectivity index (χ3n) is 5.00. The molecular weight excluding hydrogens is 422 g/mol. The summed E-state index contributed by atoms with van der Waals surface area (Å²) in [5, 5.41) is 5.27. The summed E-state index contributed by atoms with van der Waals surface area (Å²) in [7, 11) is 0. The number of aromatic nitrogens is 1. The number of nitrogens with zero attached hydrogens (tertiary/aromatic N) is 1. The third-order valence-corrected chi connectivity index (χ3v) is 5.00. The van der Waals surface area contributed by atoms with Crippen molar-refractivity contribution in [3.05, 3.63) is 71.7 Å². The van der Waals surface area contributed by atoms with Gasteiger partial charge in [-0.1, -0.05) is 48.5 Å². The molecule has 0 fully saturated rings. The van der Waals surface area contributed by atoms with E-state index in [1.165, 1.54) is 6.92 Å². The van der Waals surface area contributed by atoms with E-state index in [1.54, 1.807) is 6.20 Å². The van der Waals surface area contributed by atoms with Gasteiger partial charge in [0.2, 0.25) is 5.91 Å². The zero-order valence-electron chi connectivity index (χ0n) is 18.9. The number of hydrogen-bond acceptors (Lipinski definition) is 6. The average molecular weight is 450 g/mol. The first-order chi connectivity index (χ1) is 15.8. The quantitative estimate of drug-likeness (QED) is 0.483. The van der Waals surface area contributed by atoms with Crippen molar-refractivity contribution in [2.75, 3.05) is 11.9 Å². The van der Waals surface area contributed by atoms with Gasteiger partial charge in [-0.05, 0) is 31.9 Å². The summed E-state index contributed by atoms with van der Waals surface area (Å²) in [5.74, 6) is -0.450. The highest BCUT2D eigenvalue weighted by molar-refractivity contribution is 5.96. The Hall–Kier alpha value is -3.94. The molecule has 2 N–H and O–H groups in total. The Labute approximate surface area is 192 Å². The summed E-state index contributed by atoms with van der Waals surface area (Å²) in [5.41, 5.74) is 3.47. The molecule has 3 aromatic rings. The topological polar surface area (TPSA) is 111 Å². The Morgan fingerprint density at radius 2 is 1.73 bits per heavy atom. The standard InChI is InChI=1S/C25H27N3O5/c1-16-8-7-9-17(2)24(16)28-21(29)15-27-25(31)18(3)32-23(30)13-12-22-26-14-20(33-22)19-10-5-4-6-11-19/h4-11,14,18H,12-13,15H2,1-3H3,(H,27,31)(H,28,29). The SMILES string of the molecule is Cc1cccc(C)c1NC(=O)CNC(=O)C(C)OC(=O)CCc1ncc(-c2ccccc2)o1. The number of hydrogen-bond donors (Lipinski definition) is 2. The second-order valence-electron chi connectivity index (χ2n) is 7.65. The molecule has 1 aromatic heterocycles. The van der Waals surface area contributed by atoms with Crippen LogP contribution >= 0.6 is 0 Å². The van der Waals surface area contributed by atoms with Crippen LogP contribution in [0.1, 0.15) is 30.4 Å². The number of oxazole rings is 1. The number of esters is 1. The van der Waals surface area contributed by atoms with E-state index in [1.807, 2.05) is 62.4 Å². The predicted molar refractivity (Wildman–Crippen MR) is 123 cm³/mol. The second-order valence-corrected chi connectivity index (χ2v) is 7.65. The molecular formula is C25H27N3O5. The largest absolute Gasteiger partial charge is 0.453 e. The summed E-state index contributed by atoms with van der Waals surface area (Å²) in [4.78, 5) is 40.7. The van der Waals surface area contributed by atoms with Gasteiger partial charge in [0.05, 0.1) is 19.2 Å². The van der Waals surface area contributed by atoms with Crippen LogP contribution in [0.3, 0.4) is 0 Å². The zero-order valence-corrected chi connectivity index (χ0v) is 18.9. The monoisotopic (exact) mass is 449 g/mol. The zero-order chi connectivity index (χ0) is 23.8. The van der Waals surface area contributed by atoms with E-state index in [0.29, 0.717) is 11.7 Å². The molecule has 1 atom stereocenters. The lowest BCUT2D eigenvalue weighted by Gasteiger charge is -2.14. The summed E-state index contributed by atoms with van der Waals surface area (Å²) in [6, 6.07) is 15.2. The van der Waals surface area contributed by atoms with Crippen LogP contribution < -0.4 is 10.6 Å². The van der Waals surface area contributed by atoms with Gasteiger partial charge in [0, 0.05) is 17.7 Å². The van der Waals surface area contributed by atoms with Gasteiger partial charge in [0.1, 0.15) is 0 Å². The van der Waals surface area contributed by atoms with E-state index in [4.69, 9.17) is 9.15 Å². The minimum absolute atomic E-state index is 0.0133. The van der Waals surface area contributed by atoms with Crippen LogP contribution in [0.4, 0.5) is 5.69 Å². The van der Waals surface area contributed by atoms with Gasteiger partial charge < -0.3 is 19.8 Å². The fourth-order valence-corrected chi connectivity index (χ4v) is 3.19. The van der Waals surface area contributed by atoms with E-state index in [0.717, 1.165) is 22.4 Å². The van der Waals surface area contributed by atoms with Gasteiger partial charge in [-0.15, -0.1) is 0 Å². The van der Waals surface area contributed by atoms with E-state index >= 15 is 0 Å². The van der Waals surface area contributed by atoms with Crippen molar-refractivity contribution in [2.45, 2.75) is 39.7 Å². The molecule has 33 heavy (non-hydrogen) atoms. The fourth-order valence-electron chi connectivity index (χ4n) is 3.19. The number of para-hydroxylation sites is 1. The maximum Gasteiger partial charge on any atom is 0.307 e. The number of anilines is 1. The Bertz CT molecular complexity index is 1100. The van der Waals surface area contributed by atoms with Crippen LogP contribution in [0.2, 0.25) is 0 Å². The van der Waals surface area contributed by atoms with Gasteiger partial charge in [0.25, 0.3) is 5.91 Å². The minimum Gasteiger partial charge on any atom is -0.453 e. The number of nitrogens with one attached hydrogen (secondary N) is 2. The average Bonchev–Trinajstić information content (AvgIpc) is 3.28. The Balaban J connectivity index is 1.41. The molecule has 0 aliphatic carbocycles. The lowest BCUT2D eigenvalue weighted by molar-refractivity contribution is -0.154. The van der Waals surface area contributed by atoms with Crippen molar-refractivity contribution < 1.29 is 23.5 Å². The van der Waals surface area contributed by atoms with Crippen molar-refractivity contribution >= 4 is 23.5 Å². The van der Waals surface area contributed by atoms with Crippen LogP contribution in [0, 0.1) is 13.8 Å². The van der Waals surface area contributed by atoms with Gasteiger partial charge in [-0.25, -0.2) is 4.98 Å². The van der Waals surface area contributed by atoms with Crippen LogP contribution in [-0.4, -0.2) is 35.4 Å². The van der Waals surface area contributed by atoms with Crippen LogP contribution in [0.15, 0.2) is 59.1 Å². The van der Waals surface area contributed by atoms with E-state index in [9.17, 15) is 14.4 Å². The molecule has 172 valence electrons. The molecule has 0 spiro atoms. The first-order valence-electron chi connectivity index (χ1n) is 10.7. The van der Waals surface area contributed by atoms with Crippen LogP contribution in [0.25, 0.3) is 11.3 Å². The summed E-state index contributed by atoms with van der Waals surface area (Å²) in [6.07, 6.45) is 0.836. The summed E-state index contributed by atoms with van der Waals surface area (Å²) < 4.78 is 10.8. The number of carbonyl (C=O) groups is 3. The highest BCUT2D eigenvalue weighted by atomic mass is 16.5. The smallest absolute Gasteiger partial charge is 0.307 e. The van der Waals surface area contributed by atoms with Gasteiger partial charge >= 0.3 is 5.97 Å². The molecule has 8 heteroatoms. The lowest BCUT2D eigenvalue weighted by atomic mass is 10.1. The second kappa shape index (κ2) is 11.1. The van der Waals surface area contributed by atoms with E-state index in [2.05, 4.69) is 15.6 Å². The van der Waals surface area contributed by atoms with Crippen molar-refractivity contribution in [3.63, 3.8) is 0 Å². The molecule has 0 bridgehead atoms. The van der Waals surface area contributed by atoms with Crippen molar-refractivity contribution in [1.82, 2.24) is 10.3 Å². The number of aryl methyl sites for hydroxylation is 3. The van der Waals surface area contributed by atoms with Gasteiger partial charge in [-0.2, -0.15) is 0 Å². The molecule has 3 rings (SSSR count). The van der Waals surface area contributed by atoms with Gasteiger partial charge in [0.15, 0.2) is 17.8 Å². The number of benzene rings is 2. The lowest BCUT2D eigenvalue weighted by Crippen LogP contribution is -2.40. The Morgan fingerprint density at radius 1 is 1.03 bits per heavy atom. The Kier molecular flexibility index (Phi) is 7.96. The van der Waals surface area contributed by atoms with Gasteiger partial charge in [-0.3, -0.25) is 14.4 Å². The summed E-state index contributed by atoms with van der Waals surface area (Å²) in [6.45, 7) is 5.01. The maximum atomic E-state index is 12.2. The predicted octanol–water partition coefficient (Wildman–Crippen LogP) is 3.58. The van der Waals surface area contributed by atoms with Crippen LogP contribution in [0.5, 0.6) is 0 Å². The molecule has 1 heterocycles. The molecule has 0 saturated carbocycles. The van der Waals surface area contributed by atoms with Crippen molar-refractivity contribution in [1.29, 1.82) is 0 Å². The van der Waals surface area contributed by atoms with E-state index < -0.39 is 18.0 Å². The fraction of sp³-hybridized carbons (Fsp3) is 0.280. The van der Waals surface area contributed by atoms with E-state index in [-0.39, 0.29) is 25.3 Å². The molecule has 2 aromatic carbocycles. The highest BCUT2D eigenvalue weighted by Gasteiger charge is 2.19. The molecule has 1 unspecified atom stereocenters. The Morgan fingerprint density at radius 3 is 2.42 bits per heavy atom. The summed E-state index contributed by atoms with van der Waals surface area (Å²) >= 11 is 0. The number of carbonyl (C=O) groups excluding carboxylic acids is 3. The highest BCUT2D eigenvalue weighted by Crippen LogP contribution is 2.20. The molecule has 0 aliphatic rings. The molecule has 0 saturated heterocycles. The molecule has 2 amide bonds. The van der Waals surface area contributed by atoms with Crippen molar-refractivity contribution in [2.24, 2.45) is 0 Å². The van der Waals surface area contributed by atoms with Crippen molar-refractivity contribution in [3.8, 4) is 11.3 Å². The van der Waals surface area contributed by atoms with Crippen LogP contribution in [-0.2, 0) is 25.5 Å². The minimum atomic E-state index is -1.03. The number of rotatable bonds is 9. The number of ether oxygens (including phenoxy) is 1. The third kappa shape index (κ3) is 6.77. The normalized spacial score (nSPS) is 11.5. The maximum absolute atomic E-state index is 12.2. The molecule has 0 radical (unpaired) electrons. The first kappa shape index (κ1) is 23.7. The molecule has 0 aliphatic heterocycles.